The van der Waals surface area contributed by atoms with Gasteiger partial charge in [0.2, 0.25) is 0 Å². The number of nitriles is 1. The first kappa shape index (κ1) is 11.5. The summed E-state index contributed by atoms with van der Waals surface area (Å²) in [5.41, 5.74) is -0.230. The lowest BCUT2D eigenvalue weighted by Gasteiger charge is -2.58. The van der Waals surface area contributed by atoms with E-state index >= 15 is 0 Å². The van der Waals surface area contributed by atoms with Gasteiger partial charge in [-0.2, -0.15) is 5.26 Å². The highest BCUT2D eigenvalue weighted by atomic mass is 16.5. The third-order valence-electron chi connectivity index (χ3n) is 5.33. The Bertz CT molecular complexity index is 306. The van der Waals surface area contributed by atoms with Crippen molar-refractivity contribution in [3.63, 3.8) is 0 Å². The summed E-state index contributed by atoms with van der Waals surface area (Å²) in [6, 6.07) is 2.65. The molecule has 1 N–H and O–H groups in total. The van der Waals surface area contributed by atoms with Gasteiger partial charge in [0.05, 0.1) is 12.7 Å². The van der Waals surface area contributed by atoms with E-state index in [0.29, 0.717) is 18.4 Å². The van der Waals surface area contributed by atoms with E-state index in [-0.39, 0.29) is 5.54 Å². The van der Waals surface area contributed by atoms with Crippen LogP contribution in [0.1, 0.15) is 32.1 Å². The molecule has 0 spiro atoms. The van der Waals surface area contributed by atoms with E-state index in [9.17, 15) is 5.26 Å². The Morgan fingerprint density at radius 1 is 1.18 bits per heavy atom. The second kappa shape index (κ2) is 4.26. The van der Waals surface area contributed by atoms with Crippen LogP contribution in [0.15, 0.2) is 0 Å². The number of hydrogen-bond donors (Lipinski definition) is 1. The average molecular weight is 234 g/mol. The highest BCUT2D eigenvalue weighted by Crippen LogP contribution is 2.57. The maximum Gasteiger partial charge on any atom is 0.112 e. The second-order valence-corrected chi connectivity index (χ2v) is 6.20. The van der Waals surface area contributed by atoms with Gasteiger partial charge in [0, 0.05) is 13.7 Å². The van der Waals surface area contributed by atoms with Crippen LogP contribution in [0.3, 0.4) is 0 Å². The molecule has 4 saturated carbocycles. The smallest absolute Gasteiger partial charge is 0.112 e. The molecule has 0 aromatic rings. The lowest BCUT2D eigenvalue weighted by Crippen LogP contribution is -2.64. The summed E-state index contributed by atoms with van der Waals surface area (Å²) in [6.07, 6.45) is 6.55. The van der Waals surface area contributed by atoms with Crippen LogP contribution in [0, 0.1) is 35.0 Å². The summed E-state index contributed by atoms with van der Waals surface area (Å²) in [6.45, 7) is 1.52. The Morgan fingerprint density at radius 2 is 1.76 bits per heavy atom. The van der Waals surface area contributed by atoms with Gasteiger partial charge in [0.25, 0.3) is 0 Å². The van der Waals surface area contributed by atoms with Crippen LogP contribution in [0.25, 0.3) is 0 Å². The Kier molecular flexibility index (Phi) is 2.88. The van der Waals surface area contributed by atoms with Crippen molar-refractivity contribution in [1.29, 1.82) is 5.26 Å². The summed E-state index contributed by atoms with van der Waals surface area (Å²) in [7, 11) is 1.72. The van der Waals surface area contributed by atoms with E-state index in [1.807, 2.05) is 0 Å². The molecule has 4 aliphatic carbocycles. The summed E-state index contributed by atoms with van der Waals surface area (Å²) in [5.74, 6) is 3.03. The molecular formula is C14H22N2O. The fourth-order valence-corrected chi connectivity index (χ4v) is 4.80. The SMILES string of the molecule is COCCNC1(C#N)C2CC3CC(C2)CC1C3. The topological polar surface area (TPSA) is 45.0 Å². The standard InChI is InChI=1S/C14H22N2O/c1-17-3-2-16-14(9-15)12-5-10-4-11(7-12)8-13(14)6-10/h10-13,16H,2-8H2,1H3. The molecule has 0 saturated heterocycles. The fourth-order valence-electron chi connectivity index (χ4n) is 4.80. The number of nitrogens with one attached hydrogen (secondary N) is 1. The molecule has 4 fully saturated rings. The molecule has 3 nitrogen and oxygen atoms in total. The van der Waals surface area contributed by atoms with Crippen LogP contribution < -0.4 is 5.32 Å². The molecule has 4 aliphatic rings. The van der Waals surface area contributed by atoms with Crippen molar-refractivity contribution < 1.29 is 4.74 Å². The molecule has 17 heavy (non-hydrogen) atoms. The minimum atomic E-state index is -0.230. The van der Waals surface area contributed by atoms with Gasteiger partial charge >= 0.3 is 0 Å². The normalized spacial score (nSPS) is 47.1. The van der Waals surface area contributed by atoms with Gasteiger partial charge in [-0.3, -0.25) is 5.32 Å². The molecule has 0 heterocycles. The molecule has 0 aromatic heterocycles. The first-order chi connectivity index (χ1) is 8.28. The lowest BCUT2D eigenvalue weighted by atomic mass is 9.49. The number of nitrogens with zero attached hydrogens (tertiary/aromatic N) is 1. The largest absolute Gasteiger partial charge is 0.383 e. The number of ether oxygens (including phenoxy) is 1. The van der Waals surface area contributed by atoms with Crippen molar-refractivity contribution in [1.82, 2.24) is 5.32 Å². The monoisotopic (exact) mass is 234 g/mol. The molecule has 0 radical (unpaired) electrons. The van der Waals surface area contributed by atoms with E-state index in [2.05, 4.69) is 11.4 Å². The predicted octanol–water partition coefficient (Wildman–Crippen LogP) is 1.94. The van der Waals surface area contributed by atoms with Crippen molar-refractivity contribution in [3.8, 4) is 6.07 Å². The van der Waals surface area contributed by atoms with E-state index in [1.54, 1.807) is 7.11 Å². The molecule has 3 heteroatoms. The zero-order valence-electron chi connectivity index (χ0n) is 10.6. The molecule has 94 valence electrons. The Labute approximate surface area is 104 Å². The molecule has 0 aromatic carbocycles. The van der Waals surface area contributed by atoms with Gasteiger partial charge < -0.3 is 4.74 Å². The molecule has 4 rings (SSSR count). The van der Waals surface area contributed by atoms with Crippen molar-refractivity contribution in [3.05, 3.63) is 0 Å². The van der Waals surface area contributed by atoms with Gasteiger partial charge in [-0.1, -0.05) is 0 Å². The fraction of sp³-hybridized carbons (Fsp3) is 0.929. The van der Waals surface area contributed by atoms with Crippen LogP contribution in [0.2, 0.25) is 0 Å². The molecule has 0 atom stereocenters. The number of methoxy groups -OCH3 is 1. The van der Waals surface area contributed by atoms with Crippen molar-refractivity contribution in [2.24, 2.45) is 23.7 Å². The Morgan fingerprint density at radius 3 is 2.24 bits per heavy atom. The van der Waals surface area contributed by atoms with Gasteiger partial charge in [0.15, 0.2) is 0 Å². The van der Waals surface area contributed by atoms with E-state index in [0.717, 1.165) is 18.4 Å². The quantitative estimate of drug-likeness (QED) is 0.756. The lowest BCUT2D eigenvalue weighted by molar-refractivity contribution is -0.0480. The highest BCUT2D eigenvalue weighted by Gasteiger charge is 2.57. The molecule has 0 amide bonds. The zero-order chi connectivity index (χ0) is 11.9. The van der Waals surface area contributed by atoms with Crippen molar-refractivity contribution in [2.45, 2.75) is 37.6 Å². The van der Waals surface area contributed by atoms with Crippen LogP contribution in [0.4, 0.5) is 0 Å². The molecule has 0 unspecified atom stereocenters. The molecular weight excluding hydrogens is 212 g/mol. The van der Waals surface area contributed by atoms with E-state index < -0.39 is 0 Å². The summed E-state index contributed by atoms with van der Waals surface area (Å²) in [5, 5.41) is 13.2. The third kappa shape index (κ3) is 1.70. The zero-order valence-corrected chi connectivity index (χ0v) is 10.6. The number of rotatable bonds is 4. The molecule has 4 bridgehead atoms. The predicted molar refractivity (Wildman–Crippen MR) is 65.3 cm³/mol. The van der Waals surface area contributed by atoms with Crippen LogP contribution in [-0.2, 0) is 4.74 Å². The summed E-state index contributed by atoms with van der Waals surface area (Å²) in [4.78, 5) is 0. The number of hydrogen-bond acceptors (Lipinski definition) is 3. The minimum Gasteiger partial charge on any atom is -0.383 e. The summed E-state index contributed by atoms with van der Waals surface area (Å²) < 4.78 is 5.10. The summed E-state index contributed by atoms with van der Waals surface area (Å²) >= 11 is 0. The maximum atomic E-state index is 9.69. The van der Waals surface area contributed by atoms with Gasteiger partial charge in [-0.05, 0) is 55.8 Å². The minimum absolute atomic E-state index is 0.230. The second-order valence-electron chi connectivity index (χ2n) is 6.20. The van der Waals surface area contributed by atoms with Crippen LogP contribution in [0.5, 0.6) is 0 Å². The van der Waals surface area contributed by atoms with Gasteiger partial charge in [0.1, 0.15) is 5.54 Å². The maximum absolute atomic E-state index is 9.69. The van der Waals surface area contributed by atoms with E-state index in [4.69, 9.17) is 4.74 Å². The van der Waals surface area contributed by atoms with E-state index in [1.165, 1.54) is 32.1 Å². The molecule has 0 aliphatic heterocycles. The highest BCUT2D eigenvalue weighted by molar-refractivity contribution is 5.21. The first-order valence-corrected chi connectivity index (χ1v) is 6.93. The third-order valence-corrected chi connectivity index (χ3v) is 5.33. The first-order valence-electron chi connectivity index (χ1n) is 6.93. The Balaban J connectivity index is 1.78. The van der Waals surface area contributed by atoms with Crippen LogP contribution >= 0.6 is 0 Å². The van der Waals surface area contributed by atoms with Gasteiger partial charge in [-0.25, -0.2) is 0 Å². The Hall–Kier alpha value is -0.590. The van der Waals surface area contributed by atoms with Crippen molar-refractivity contribution in [2.75, 3.05) is 20.3 Å². The van der Waals surface area contributed by atoms with Crippen LogP contribution in [-0.4, -0.2) is 25.8 Å². The van der Waals surface area contributed by atoms with Gasteiger partial charge in [-0.15, -0.1) is 0 Å². The average Bonchev–Trinajstić information content (AvgIpc) is 2.32. The van der Waals surface area contributed by atoms with Crippen molar-refractivity contribution >= 4 is 0 Å².